The summed E-state index contributed by atoms with van der Waals surface area (Å²) in [5, 5.41) is 9.76. The maximum atomic E-state index is 5.88. The second-order valence-electron chi connectivity index (χ2n) is 6.63. The largest absolute Gasteiger partial charge is 0.493 e. The van der Waals surface area contributed by atoms with Gasteiger partial charge in [0.15, 0.2) is 22.5 Å². The molecular weight excluding hydrogens is 398 g/mol. The molecule has 0 N–H and O–H groups in total. The van der Waals surface area contributed by atoms with Crippen molar-refractivity contribution < 1.29 is 13.9 Å². The summed E-state index contributed by atoms with van der Waals surface area (Å²) in [7, 11) is 1.64. The quantitative estimate of drug-likeness (QED) is 0.278. The van der Waals surface area contributed by atoms with Crippen molar-refractivity contribution in [2.24, 2.45) is 0 Å². The molecule has 154 valence electrons. The second kappa shape index (κ2) is 9.54. The number of ether oxygens (including phenoxy) is 2. The number of aromatic nitrogens is 3. The van der Waals surface area contributed by atoms with Crippen LogP contribution in [0.25, 0.3) is 11.4 Å². The molecule has 0 saturated heterocycles. The van der Waals surface area contributed by atoms with Crippen molar-refractivity contribution in [3.63, 3.8) is 0 Å². The molecule has 30 heavy (non-hydrogen) atoms. The van der Waals surface area contributed by atoms with Gasteiger partial charge in [0, 0.05) is 11.3 Å². The van der Waals surface area contributed by atoms with Gasteiger partial charge in [-0.25, -0.2) is 0 Å². The predicted octanol–water partition coefficient (Wildman–Crippen LogP) is 5.07. The highest BCUT2D eigenvalue weighted by Crippen LogP contribution is 2.29. The molecule has 2 heterocycles. The molecule has 2 aromatic carbocycles. The molecule has 0 fully saturated rings. The van der Waals surface area contributed by atoms with Crippen LogP contribution in [0.3, 0.4) is 0 Å². The Morgan fingerprint density at radius 3 is 2.53 bits per heavy atom. The molecule has 0 spiro atoms. The highest BCUT2D eigenvalue weighted by atomic mass is 32.2. The zero-order chi connectivity index (χ0) is 20.8. The molecule has 0 atom stereocenters. The van der Waals surface area contributed by atoms with E-state index in [4.69, 9.17) is 13.9 Å². The van der Waals surface area contributed by atoms with E-state index < -0.39 is 0 Å². The number of para-hydroxylation sites is 2. The first-order chi connectivity index (χ1) is 14.8. The average Bonchev–Trinajstić information content (AvgIpc) is 3.43. The van der Waals surface area contributed by atoms with Crippen molar-refractivity contribution >= 4 is 11.8 Å². The standard InChI is InChI=1S/C23H23N3O3S/c1-17-8-3-4-10-19(17)22-24-25-23(26(22)16-18-9-7-13-28-18)30-15-14-29-21-12-6-5-11-20(21)27-2/h3-13H,14-16H2,1-2H3. The number of thioether (sulfide) groups is 1. The fourth-order valence-corrected chi connectivity index (χ4v) is 3.90. The Kier molecular flexibility index (Phi) is 6.39. The lowest BCUT2D eigenvalue weighted by Crippen LogP contribution is -2.06. The Morgan fingerprint density at radius 2 is 1.77 bits per heavy atom. The van der Waals surface area contributed by atoms with Crippen LogP contribution in [0.1, 0.15) is 11.3 Å². The van der Waals surface area contributed by atoms with Crippen molar-refractivity contribution in [2.75, 3.05) is 19.5 Å². The average molecular weight is 422 g/mol. The van der Waals surface area contributed by atoms with Gasteiger partial charge >= 0.3 is 0 Å². The summed E-state index contributed by atoms with van der Waals surface area (Å²) < 4.78 is 18.9. The van der Waals surface area contributed by atoms with Crippen LogP contribution >= 0.6 is 11.8 Å². The van der Waals surface area contributed by atoms with E-state index in [1.54, 1.807) is 25.1 Å². The molecule has 0 radical (unpaired) electrons. The fraction of sp³-hybridized carbons (Fsp3) is 0.217. The Bertz CT molecular complexity index is 1090. The number of aryl methyl sites for hydroxylation is 1. The van der Waals surface area contributed by atoms with E-state index in [1.807, 2.05) is 48.5 Å². The van der Waals surface area contributed by atoms with Crippen LogP contribution in [-0.4, -0.2) is 34.2 Å². The molecular formula is C23H23N3O3S. The lowest BCUT2D eigenvalue weighted by atomic mass is 10.1. The van der Waals surface area contributed by atoms with Crippen molar-refractivity contribution in [3.8, 4) is 22.9 Å². The molecule has 4 rings (SSSR count). The fourth-order valence-electron chi connectivity index (χ4n) is 3.14. The molecule has 4 aromatic rings. The van der Waals surface area contributed by atoms with Gasteiger partial charge in [0.25, 0.3) is 0 Å². The van der Waals surface area contributed by atoms with Crippen molar-refractivity contribution in [3.05, 3.63) is 78.3 Å². The van der Waals surface area contributed by atoms with Gasteiger partial charge in [-0.05, 0) is 36.8 Å². The lowest BCUT2D eigenvalue weighted by Gasteiger charge is -2.11. The highest BCUT2D eigenvalue weighted by Gasteiger charge is 2.17. The topological polar surface area (TPSA) is 62.3 Å². The minimum atomic E-state index is 0.526. The lowest BCUT2D eigenvalue weighted by molar-refractivity contribution is 0.313. The number of methoxy groups -OCH3 is 1. The Labute approximate surface area is 179 Å². The van der Waals surface area contributed by atoms with Crippen LogP contribution in [0, 0.1) is 6.92 Å². The maximum absolute atomic E-state index is 5.88. The minimum Gasteiger partial charge on any atom is -0.493 e. The molecule has 0 aliphatic rings. The highest BCUT2D eigenvalue weighted by molar-refractivity contribution is 7.99. The van der Waals surface area contributed by atoms with Gasteiger partial charge < -0.3 is 13.9 Å². The predicted molar refractivity (Wildman–Crippen MR) is 117 cm³/mol. The van der Waals surface area contributed by atoms with E-state index in [-0.39, 0.29) is 0 Å². The summed E-state index contributed by atoms with van der Waals surface area (Å²) in [6, 6.07) is 19.7. The van der Waals surface area contributed by atoms with E-state index in [0.717, 1.165) is 45.1 Å². The summed E-state index contributed by atoms with van der Waals surface area (Å²) >= 11 is 1.60. The van der Waals surface area contributed by atoms with E-state index in [2.05, 4.69) is 33.8 Å². The minimum absolute atomic E-state index is 0.526. The zero-order valence-electron chi connectivity index (χ0n) is 16.9. The SMILES string of the molecule is COc1ccccc1OCCSc1nnc(-c2ccccc2C)n1Cc1ccco1. The summed E-state index contributed by atoms with van der Waals surface area (Å²) in [6.07, 6.45) is 1.68. The number of nitrogens with zero attached hydrogens (tertiary/aromatic N) is 3. The van der Waals surface area contributed by atoms with Crippen LogP contribution in [0.15, 0.2) is 76.5 Å². The van der Waals surface area contributed by atoms with Crippen molar-refractivity contribution in [1.82, 2.24) is 14.8 Å². The Morgan fingerprint density at radius 1 is 0.967 bits per heavy atom. The summed E-state index contributed by atoms with van der Waals surface area (Å²) in [5.41, 5.74) is 2.22. The molecule has 0 amide bonds. The first-order valence-corrected chi connectivity index (χ1v) is 10.6. The molecule has 0 aliphatic carbocycles. The number of hydrogen-bond acceptors (Lipinski definition) is 6. The third-order valence-electron chi connectivity index (χ3n) is 4.64. The van der Waals surface area contributed by atoms with Gasteiger partial charge in [-0.3, -0.25) is 4.57 Å². The first kappa shape index (κ1) is 20.1. The normalized spacial score (nSPS) is 10.9. The Hall–Kier alpha value is -3.19. The zero-order valence-corrected chi connectivity index (χ0v) is 17.8. The third-order valence-corrected chi connectivity index (χ3v) is 5.57. The Balaban J connectivity index is 1.50. The molecule has 7 heteroatoms. The van der Waals surface area contributed by atoms with Crippen molar-refractivity contribution in [2.45, 2.75) is 18.6 Å². The van der Waals surface area contributed by atoms with Gasteiger partial charge in [-0.2, -0.15) is 0 Å². The van der Waals surface area contributed by atoms with Crippen LogP contribution in [0.2, 0.25) is 0 Å². The summed E-state index contributed by atoms with van der Waals surface area (Å²) in [4.78, 5) is 0. The van der Waals surface area contributed by atoms with Gasteiger partial charge in [0.1, 0.15) is 5.76 Å². The van der Waals surface area contributed by atoms with E-state index in [0.29, 0.717) is 13.2 Å². The second-order valence-corrected chi connectivity index (χ2v) is 7.70. The maximum Gasteiger partial charge on any atom is 0.192 e. The molecule has 0 saturated carbocycles. The number of benzene rings is 2. The van der Waals surface area contributed by atoms with Crippen LogP contribution in [0.4, 0.5) is 0 Å². The molecule has 2 aromatic heterocycles. The number of hydrogen-bond donors (Lipinski definition) is 0. The van der Waals surface area contributed by atoms with Gasteiger partial charge in [-0.15, -0.1) is 10.2 Å². The smallest absolute Gasteiger partial charge is 0.192 e. The molecule has 0 unspecified atom stereocenters. The third kappa shape index (κ3) is 4.52. The summed E-state index contributed by atoms with van der Waals surface area (Å²) in [5.74, 6) is 3.88. The number of furan rings is 1. The number of rotatable bonds is 9. The van der Waals surface area contributed by atoms with E-state index in [9.17, 15) is 0 Å². The van der Waals surface area contributed by atoms with Crippen LogP contribution in [0.5, 0.6) is 11.5 Å². The molecule has 0 bridgehead atoms. The van der Waals surface area contributed by atoms with Gasteiger partial charge in [-0.1, -0.05) is 48.2 Å². The van der Waals surface area contributed by atoms with E-state index >= 15 is 0 Å². The van der Waals surface area contributed by atoms with E-state index in [1.165, 1.54) is 0 Å². The molecule has 6 nitrogen and oxygen atoms in total. The van der Waals surface area contributed by atoms with Crippen LogP contribution < -0.4 is 9.47 Å². The van der Waals surface area contributed by atoms with Crippen molar-refractivity contribution in [1.29, 1.82) is 0 Å². The van der Waals surface area contributed by atoms with Gasteiger partial charge in [0.05, 0.1) is 26.5 Å². The molecule has 0 aliphatic heterocycles. The van der Waals surface area contributed by atoms with Crippen LogP contribution in [-0.2, 0) is 6.54 Å². The summed E-state index contributed by atoms with van der Waals surface area (Å²) in [6.45, 7) is 3.17. The first-order valence-electron chi connectivity index (χ1n) is 9.66. The van der Waals surface area contributed by atoms with Gasteiger partial charge in [0.2, 0.25) is 0 Å². The monoisotopic (exact) mass is 421 g/mol.